The molecular formula is C14H25N5O. The molecule has 7 N–H and O–H groups in total. The minimum Gasteiger partial charge on any atom is -0.494 e. The normalized spacial score (nSPS) is 11.4. The Hall–Kier alpha value is -1.79. The lowest BCUT2D eigenvalue weighted by atomic mass is 10.1. The summed E-state index contributed by atoms with van der Waals surface area (Å²) < 4.78 is 5.64. The number of hydrogen-bond acceptors (Lipinski definition) is 5. The number of hydrogen-bond donors (Lipinski definition) is 4. The Morgan fingerprint density at radius 1 is 1.15 bits per heavy atom. The highest BCUT2D eigenvalue weighted by molar-refractivity contribution is 5.81. The molecule has 0 fully saturated rings. The molecule has 0 amide bonds. The molecule has 1 aromatic rings. The van der Waals surface area contributed by atoms with Crippen LogP contribution in [0.1, 0.15) is 31.2 Å². The Labute approximate surface area is 120 Å². The van der Waals surface area contributed by atoms with E-state index in [1.54, 1.807) is 0 Å². The molecule has 0 saturated carbocycles. The SMILES string of the molecule is NCCCCc1ccc(OCCC/C(=N/N)NN)cc1. The molecule has 0 aliphatic rings. The van der Waals surface area contributed by atoms with E-state index in [1.807, 2.05) is 12.1 Å². The fourth-order valence-corrected chi connectivity index (χ4v) is 1.83. The van der Waals surface area contributed by atoms with Crippen molar-refractivity contribution in [2.45, 2.75) is 32.1 Å². The number of nitrogens with two attached hydrogens (primary N) is 3. The third-order valence-electron chi connectivity index (χ3n) is 2.99. The first-order valence-corrected chi connectivity index (χ1v) is 6.95. The summed E-state index contributed by atoms with van der Waals surface area (Å²) in [6, 6.07) is 8.19. The first-order chi connectivity index (χ1) is 9.80. The third-order valence-corrected chi connectivity index (χ3v) is 2.99. The molecule has 0 aliphatic heterocycles. The highest BCUT2D eigenvalue weighted by atomic mass is 16.5. The van der Waals surface area contributed by atoms with Crippen molar-refractivity contribution in [1.82, 2.24) is 5.43 Å². The van der Waals surface area contributed by atoms with E-state index in [9.17, 15) is 0 Å². The van der Waals surface area contributed by atoms with Gasteiger partial charge < -0.3 is 21.7 Å². The van der Waals surface area contributed by atoms with E-state index >= 15 is 0 Å². The number of hydrazine groups is 1. The average molecular weight is 279 g/mol. The Morgan fingerprint density at radius 2 is 1.90 bits per heavy atom. The Balaban J connectivity index is 2.24. The number of rotatable bonds is 9. The van der Waals surface area contributed by atoms with Gasteiger partial charge in [-0.1, -0.05) is 12.1 Å². The molecule has 0 saturated heterocycles. The monoisotopic (exact) mass is 279 g/mol. The quantitative estimate of drug-likeness (QED) is 0.176. The second-order valence-corrected chi connectivity index (χ2v) is 4.56. The number of ether oxygens (including phenoxy) is 1. The van der Waals surface area contributed by atoms with Crippen LogP contribution in [-0.4, -0.2) is 19.0 Å². The van der Waals surface area contributed by atoms with Crippen molar-refractivity contribution in [2.75, 3.05) is 13.2 Å². The fraction of sp³-hybridized carbons (Fsp3) is 0.500. The third kappa shape index (κ3) is 6.40. The number of nitrogens with zero attached hydrogens (tertiary/aromatic N) is 1. The van der Waals surface area contributed by atoms with Crippen LogP contribution in [-0.2, 0) is 6.42 Å². The van der Waals surface area contributed by atoms with Crippen LogP contribution in [0, 0.1) is 0 Å². The molecular weight excluding hydrogens is 254 g/mol. The predicted octanol–water partition coefficient (Wildman–Crippen LogP) is 0.863. The van der Waals surface area contributed by atoms with Crippen LogP contribution >= 0.6 is 0 Å². The Kier molecular flexibility index (Phi) is 8.17. The largest absolute Gasteiger partial charge is 0.494 e. The van der Waals surface area contributed by atoms with E-state index < -0.39 is 0 Å². The number of unbranched alkanes of at least 4 members (excludes halogenated alkanes) is 1. The summed E-state index contributed by atoms with van der Waals surface area (Å²) in [6.45, 7) is 1.36. The standard InChI is InChI=1S/C14H25N5O/c15-10-2-1-4-12-6-8-13(9-7-12)20-11-3-5-14(18-16)19-17/h6-9H,1-5,10-11,15-17H2,(H,18,19). The smallest absolute Gasteiger partial charge is 0.136 e. The fourth-order valence-electron chi connectivity index (χ4n) is 1.83. The van der Waals surface area contributed by atoms with Crippen molar-refractivity contribution in [2.24, 2.45) is 22.5 Å². The van der Waals surface area contributed by atoms with Crippen molar-refractivity contribution in [3.63, 3.8) is 0 Å². The van der Waals surface area contributed by atoms with Gasteiger partial charge in [-0.15, -0.1) is 0 Å². The van der Waals surface area contributed by atoms with Crippen molar-refractivity contribution in [3.05, 3.63) is 29.8 Å². The van der Waals surface area contributed by atoms with Crippen molar-refractivity contribution in [3.8, 4) is 5.75 Å². The molecule has 0 unspecified atom stereocenters. The summed E-state index contributed by atoms with van der Waals surface area (Å²) in [5.41, 5.74) is 9.24. The summed E-state index contributed by atoms with van der Waals surface area (Å²) in [4.78, 5) is 0. The van der Waals surface area contributed by atoms with Crippen LogP contribution < -0.4 is 27.6 Å². The second kappa shape index (κ2) is 10.1. The van der Waals surface area contributed by atoms with Gasteiger partial charge in [-0.2, -0.15) is 5.10 Å². The van der Waals surface area contributed by atoms with Gasteiger partial charge in [0, 0.05) is 6.42 Å². The summed E-state index contributed by atoms with van der Waals surface area (Å²) in [5.74, 6) is 11.8. The van der Waals surface area contributed by atoms with E-state index in [1.165, 1.54) is 5.56 Å². The molecule has 1 rings (SSSR count). The number of benzene rings is 1. The van der Waals surface area contributed by atoms with Gasteiger partial charge >= 0.3 is 0 Å². The van der Waals surface area contributed by atoms with Gasteiger partial charge in [0.25, 0.3) is 0 Å². The first kappa shape index (κ1) is 16.3. The minimum atomic E-state index is 0.573. The minimum absolute atomic E-state index is 0.573. The topological polar surface area (TPSA) is 112 Å². The molecule has 112 valence electrons. The Bertz CT molecular complexity index is 391. The maximum atomic E-state index is 5.64. The molecule has 6 heteroatoms. The molecule has 1 aromatic carbocycles. The van der Waals surface area contributed by atoms with Gasteiger partial charge in [0.1, 0.15) is 11.6 Å². The highest BCUT2D eigenvalue weighted by Crippen LogP contribution is 2.14. The first-order valence-electron chi connectivity index (χ1n) is 6.95. The number of aryl methyl sites for hydroxylation is 1. The molecule has 0 aliphatic carbocycles. The maximum absolute atomic E-state index is 5.64. The highest BCUT2D eigenvalue weighted by Gasteiger charge is 1.99. The zero-order valence-corrected chi connectivity index (χ0v) is 11.8. The number of amidine groups is 1. The van der Waals surface area contributed by atoms with E-state index in [2.05, 4.69) is 22.7 Å². The van der Waals surface area contributed by atoms with E-state index in [0.29, 0.717) is 18.9 Å². The summed E-state index contributed by atoms with van der Waals surface area (Å²) in [6.07, 6.45) is 4.74. The maximum Gasteiger partial charge on any atom is 0.136 e. The van der Waals surface area contributed by atoms with Crippen LogP contribution in [0.25, 0.3) is 0 Å². The lowest BCUT2D eigenvalue weighted by molar-refractivity contribution is 0.313. The lowest BCUT2D eigenvalue weighted by Crippen LogP contribution is -2.31. The van der Waals surface area contributed by atoms with Gasteiger partial charge in [-0.25, -0.2) is 5.84 Å². The molecule has 0 aromatic heterocycles. The van der Waals surface area contributed by atoms with Crippen molar-refractivity contribution in [1.29, 1.82) is 0 Å². The lowest BCUT2D eigenvalue weighted by Gasteiger charge is -2.08. The van der Waals surface area contributed by atoms with Crippen LogP contribution in [0.3, 0.4) is 0 Å². The van der Waals surface area contributed by atoms with E-state index in [0.717, 1.165) is 38.0 Å². The van der Waals surface area contributed by atoms with Gasteiger partial charge in [0.05, 0.1) is 6.61 Å². The second-order valence-electron chi connectivity index (χ2n) is 4.56. The van der Waals surface area contributed by atoms with Gasteiger partial charge in [-0.3, -0.25) is 0 Å². The van der Waals surface area contributed by atoms with Crippen LogP contribution in [0.15, 0.2) is 29.4 Å². The number of hydrazone groups is 1. The van der Waals surface area contributed by atoms with Gasteiger partial charge in [0.15, 0.2) is 0 Å². The summed E-state index contributed by atoms with van der Waals surface area (Å²) in [7, 11) is 0. The molecule has 0 radical (unpaired) electrons. The van der Waals surface area contributed by atoms with Crippen LogP contribution in [0.4, 0.5) is 0 Å². The van der Waals surface area contributed by atoms with E-state index in [-0.39, 0.29) is 0 Å². The number of nitrogens with one attached hydrogen (secondary N) is 1. The average Bonchev–Trinajstić information content (AvgIpc) is 2.49. The molecule has 0 heterocycles. The van der Waals surface area contributed by atoms with Crippen molar-refractivity contribution >= 4 is 5.84 Å². The van der Waals surface area contributed by atoms with Gasteiger partial charge in [0.2, 0.25) is 0 Å². The zero-order valence-electron chi connectivity index (χ0n) is 11.8. The van der Waals surface area contributed by atoms with Crippen LogP contribution in [0.2, 0.25) is 0 Å². The molecule has 0 spiro atoms. The zero-order chi connectivity index (χ0) is 14.6. The Morgan fingerprint density at radius 3 is 2.50 bits per heavy atom. The predicted molar refractivity (Wildman–Crippen MR) is 82.1 cm³/mol. The van der Waals surface area contributed by atoms with Crippen molar-refractivity contribution < 1.29 is 4.74 Å². The van der Waals surface area contributed by atoms with Crippen LogP contribution in [0.5, 0.6) is 5.75 Å². The molecule has 0 atom stereocenters. The molecule has 0 bridgehead atoms. The molecule has 6 nitrogen and oxygen atoms in total. The van der Waals surface area contributed by atoms with E-state index in [4.69, 9.17) is 22.2 Å². The summed E-state index contributed by atoms with van der Waals surface area (Å²) in [5, 5.41) is 3.51. The molecule has 20 heavy (non-hydrogen) atoms. The summed E-state index contributed by atoms with van der Waals surface area (Å²) >= 11 is 0. The van der Waals surface area contributed by atoms with Gasteiger partial charge in [-0.05, 0) is 49.9 Å².